The first-order valence-electron chi connectivity index (χ1n) is 9.34. The summed E-state index contributed by atoms with van der Waals surface area (Å²) >= 11 is 1.50. The molecule has 2 aromatic carbocycles. The van der Waals surface area contributed by atoms with Crippen molar-refractivity contribution in [3.05, 3.63) is 78.1 Å². The molecule has 2 heterocycles. The molecule has 0 aliphatic carbocycles. The normalized spacial score (nSPS) is 10.7. The Labute approximate surface area is 177 Å². The molecule has 0 radical (unpaired) electrons. The van der Waals surface area contributed by atoms with Crippen molar-refractivity contribution in [2.24, 2.45) is 0 Å². The molecule has 2 aromatic heterocycles. The Morgan fingerprint density at radius 1 is 1.07 bits per heavy atom. The molecule has 30 heavy (non-hydrogen) atoms. The second-order valence-corrected chi connectivity index (χ2v) is 7.59. The van der Waals surface area contributed by atoms with E-state index in [2.05, 4.69) is 15.6 Å². The maximum atomic E-state index is 12.4. The van der Waals surface area contributed by atoms with Gasteiger partial charge in [0, 0.05) is 24.5 Å². The molecule has 0 bridgehead atoms. The summed E-state index contributed by atoms with van der Waals surface area (Å²) in [6.07, 6.45) is 3.85. The zero-order valence-electron chi connectivity index (χ0n) is 16.3. The van der Waals surface area contributed by atoms with E-state index < -0.39 is 0 Å². The number of thiazole rings is 1. The predicted molar refractivity (Wildman–Crippen MR) is 116 cm³/mol. The van der Waals surface area contributed by atoms with Crippen LogP contribution in [0.2, 0.25) is 0 Å². The molecule has 0 spiro atoms. The van der Waals surface area contributed by atoms with Crippen molar-refractivity contribution in [1.82, 2.24) is 20.2 Å². The summed E-state index contributed by atoms with van der Waals surface area (Å²) in [7, 11) is 1.60. The highest BCUT2D eigenvalue weighted by atomic mass is 32.1. The largest absolute Gasteiger partial charge is 0.497 e. The first kappa shape index (κ1) is 19.7. The number of hydrogen-bond acceptors (Lipinski definition) is 5. The average Bonchev–Trinajstić information content (AvgIpc) is 3.45. The van der Waals surface area contributed by atoms with Gasteiger partial charge in [-0.2, -0.15) is 0 Å². The summed E-state index contributed by atoms with van der Waals surface area (Å²) in [5, 5.41) is 6.29. The number of benzene rings is 2. The van der Waals surface area contributed by atoms with Gasteiger partial charge >= 0.3 is 0 Å². The van der Waals surface area contributed by atoms with Crippen LogP contribution in [-0.4, -0.2) is 35.0 Å². The van der Waals surface area contributed by atoms with Gasteiger partial charge in [0.2, 0.25) is 5.91 Å². The third kappa shape index (κ3) is 4.49. The molecular formula is C22H20N4O3S. The lowest BCUT2D eigenvalue weighted by molar-refractivity contribution is -0.120. The van der Waals surface area contributed by atoms with E-state index in [1.165, 1.54) is 11.3 Å². The zero-order valence-corrected chi connectivity index (χ0v) is 17.1. The van der Waals surface area contributed by atoms with E-state index in [1.807, 2.05) is 59.4 Å². The van der Waals surface area contributed by atoms with Crippen molar-refractivity contribution in [2.75, 3.05) is 13.7 Å². The molecule has 0 unspecified atom stereocenters. The van der Waals surface area contributed by atoms with Crippen LogP contribution in [0.5, 0.6) is 5.75 Å². The quantitative estimate of drug-likeness (QED) is 0.481. The Hall–Kier alpha value is -3.65. The molecule has 4 aromatic rings. The fourth-order valence-electron chi connectivity index (χ4n) is 2.90. The number of nitrogens with one attached hydrogen (secondary N) is 2. The molecule has 0 saturated carbocycles. The summed E-state index contributed by atoms with van der Waals surface area (Å²) in [6.45, 7) is 0.290. The molecule has 0 aliphatic rings. The minimum atomic E-state index is -0.299. The maximum Gasteiger partial charge on any atom is 0.251 e. The van der Waals surface area contributed by atoms with Gasteiger partial charge in [-0.15, -0.1) is 0 Å². The maximum absolute atomic E-state index is 12.4. The first-order chi connectivity index (χ1) is 14.6. The summed E-state index contributed by atoms with van der Waals surface area (Å²) in [5.74, 6) is 0.205. The van der Waals surface area contributed by atoms with Crippen LogP contribution in [0.15, 0.2) is 67.0 Å². The fraction of sp³-hybridized carbons (Fsp3) is 0.136. The number of fused-ring (bicyclic) bond motifs is 1. The van der Waals surface area contributed by atoms with Crippen molar-refractivity contribution >= 4 is 33.4 Å². The highest BCUT2D eigenvalue weighted by molar-refractivity contribution is 7.20. The standard InChI is InChI=1S/C22H20N4O3S/c1-29-17-7-4-15(5-8-17)13-23-20(27)14-24-21(28)16-6-9-18-19(12-16)30-22(25-18)26-10-2-3-11-26/h2-12H,13-14H2,1H3,(H,23,27)(H,24,28). The molecule has 0 atom stereocenters. The lowest BCUT2D eigenvalue weighted by atomic mass is 10.2. The van der Waals surface area contributed by atoms with E-state index in [0.29, 0.717) is 12.1 Å². The number of carbonyl (C=O) groups excluding carboxylic acids is 2. The number of hydrogen-bond donors (Lipinski definition) is 2. The summed E-state index contributed by atoms with van der Waals surface area (Å²) in [5.41, 5.74) is 2.27. The van der Waals surface area contributed by atoms with Crippen molar-refractivity contribution in [3.63, 3.8) is 0 Å². The molecule has 0 fully saturated rings. The van der Waals surface area contributed by atoms with Crippen LogP contribution in [0.3, 0.4) is 0 Å². The van der Waals surface area contributed by atoms with Gasteiger partial charge in [0.15, 0.2) is 5.13 Å². The molecule has 2 amide bonds. The minimum absolute atomic E-state index is 0.0929. The fourth-order valence-corrected chi connectivity index (χ4v) is 3.87. The lowest BCUT2D eigenvalue weighted by Gasteiger charge is -2.08. The highest BCUT2D eigenvalue weighted by Crippen LogP contribution is 2.26. The van der Waals surface area contributed by atoms with Gasteiger partial charge in [-0.3, -0.25) is 9.59 Å². The number of rotatable bonds is 7. The summed E-state index contributed by atoms with van der Waals surface area (Å²) in [6, 6.07) is 16.6. The molecule has 8 heteroatoms. The van der Waals surface area contributed by atoms with Gasteiger partial charge in [-0.25, -0.2) is 4.98 Å². The average molecular weight is 420 g/mol. The van der Waals surface area contributed by atoms with E-state index >= 15 is 0 Å². The van der Waals surface area contributed by atoms with Crippen LogP contribution in [0.1, 0.15) is 15.9 Å². The molecule has 7 nitrogen and oxygen atoms in total. The van der Waals surface area contributed by atoms with Gasteiger partial charge in [0.25, 0.3) is 5.91 Å². The van der Waals surface area contributed by atoms with Crippen molar-refractivity contribution < 1.29 is 14.3 Å². The third-order valence-electron chi connectivity index (χ3n) is 4.52. The first-order valence-corrected chi connectivity index (χ1v) is 10.2. The Morgan fingerprint density at radius 3 is 2.57 bits per heavy atom. The zero-order chi connectivity index (χ0) is 20.9. The van der Waals surface area contributed by atoms with Crippen molar-refractivity contribution in [3.8, 4) is 10.9 Å². The molecule has 152 valence electrons. The number of aromatic nitrogens is 2. The van der Waals surface area contributed by atoms with Gasteiger partial charge in [0.1, 0.15) is 5.75 Å². The number of ether oxygens (including phenoxy) is 1. The Morgan fingerprint density at radius 2 is 1.83 bits per heavy atom. The van der Waals surface area contributed by atoms with Crippen LogP contribution >= 0.6 is 11.3 Å². The van der Waals surface area contributed by atoms with E-state index in [-0.39, 0.29) is 18.4 Å². The smallest absolute Gasteiger partial charge is 0.251 e. The Balaban J connectivity index is 1.32. The van der Waals surface area contributed by atoms with E-state index in [1.54, 1.807) is 19.2 Å². The second-order valence-electron chi connectivity index (χ2n) is 6.58. The summed E-state index contributed by atoms with van der Waals surface area (Å²) < 4.78 is 7.95. The van der Waals surface area contributed by atoms with E-state index in [9.17, 15) is 9.59 Å². The Bertz CT molecular complexity index is 1170. The van der Waals surface area contributed by atoms with Gasteiger partial charge in [0.05, 0.1) is 23.9 Å². The monoisotopic (exact) mass is 420 g/mol. The molecule has 0 saturated heterocycles. The molecular weight excluding hydrogens is 400 g/mol. The number of amides is 2. The number of methoxy groups -OCH3 is 1. The number of carbonyl (C=O) groups is 2. The third-order valence-corrected chi connectivity index (χ3v) is 5.55. The van der Waals surface area contributed by atoms with Crippen molar-refractivity contribution in [1.29, 1.82) is 0 Å². The van der Waals surface area contributed by atoms with Crippen LogP contribution in [-0.2, 0) is 11.3 Å². The number of nitrogens with zero attached hydrogens (tertiary/aromatic N) is 2. The summed E-state index contributed by atoms with van der Waals surface area (Å²) in [4.78, 5) is 29.1. The molecule has 4 rings (SSSR count). The van der Waals surface area contributed by atoms with Crippen molar-refractivity contribution in [2.45, 2.75) is 6.54 Å². The van der Waals surface area contributed by atoms with Crippen LogP contribution in [0, 0.1) is 0 Å². The second kappa shape index (κ2) is 8.79. The lowest BCUT2D eigenvalue weighted by Crippen LogP contribution is -2.36. The van der Waals surface area contributed by atoms with Crippen LogP contribution in [0.25, 0.3) is 15.3 Å². The van der Waals surface area contributed by atoms with Crippen LogP contribution < -0.4 is 15.4 Å². The van der Waals surface area contributed by atoms with Crippen LogP contribution in [0.4, 0.5) is 0 Å². The SMILES string of the molecule is COc1ccc(CNC(=O)CNC(=O)c2ccc3nc(-n4cccc4)sc3c2)cc1. The predicted octanol–water partition coefficient (Wildman–Crippen LogP) is 3.14. The van der Waals surface area contributed by atoms with E-state index in [0.717, 1.165) is 26.7 Å². The molecule has 2 N–H and O–H groups in total. The van der Waals surface area contributed by atoms with Gasteiger partial charge < -0.3 is 19.9 Å². The van der Waals surface area contributed by atoms with Gasteiger partial charge in [-0.05, 0) is 48.0 Å². The molecule has 0 aliphatic heterocycles. The highest BCUT2D eigenvalue weighted by Gasteiger charge is 2.11. The Kier molecular flexibility index (Phi) is 5.76. The van der Waals surface area contributed by atoms with E-state index in [4.69, 9.17) is 4.74 Å². The minimum Gasteiger partial charge on any atom is -0.497 e. The topological polar surface area (TPSA) is 85.2 Å². The van der Waals surface area contributed by atoms with Gasteiger partial charge in [-0.1, -0.05) is 23.5 Å².